The average molecular weight is 282 g/mol. The van der Waals surface area contributed by atoms with Crippen LogP contribution in [0.25, 0.3) is 0 Å². The molecule has 0 bridgehead atoms. The third-order valence-electron chi connectivity index (χ3n) is 2.59. The fourth-order valence-corrected chi connectivity index (χ4v) is 2.03. The lowest BCUT2D eigenvalue weighted by Crippen LogP contribution is -2.21. The fourth-order valence-electron chi connectivity index (χ4n) is 1.79. The van der Waals surface area contributed by atoms with Crippen molar-refractivity contribution in [1.82, 2.24) is 5.32 Å². The van der Waals surface area contributed by atoms with Crippen LogP contribution in [0.1, 0.15) is 37.4 Å². The minimum Gasteiger partial charge on any atom is -0.310 e. The maximum Gasteiger partial charge on any atom is 0.0357 e. The number of rotatable bonds is 5. The average Bonchev–Trinajstić information content (AvgIpc) is 2.21. The molecule has 0 aromatic heterocycles. The molecule has 0 fully saturated rings. The van der Waals surface area contributed by atoms with Crippen LogP contribution < -0.4 is 5.32 Å². The van der Waals surface area contributed by atoms with E-state index >= 15 is 0 Å². The van der Waals surface area contributed by atoms with Crippen molar-refractivity contribution in [1.29, 1.82) is 0 Å². The van der Waals surface area contributed by atoms with Gasteiger partial charge in [0.2, 0.25) is 0 Å². The lowest BCUT2D eigenvalue weighted by atomic mass is 9.99. The monoisotopic (exact) mass is 281 g/mol. The van der Waals surface area contributed by atoms with Crippen molar-refractivity contribution in [2.24, 2.45) is 0 Å². The van der Waals surface area contributed by atoms with Gasteiger partial charge in [-0.25, -0.2) is 0 Å². The van der Waals surface area contributed by atoms with Crippen molar-refractivity contribution in [3.05, 3.63) is 46.0 Å². The summed E-state index contributed by atoms with van der Waals surface area (Å²) in [5, 5.41) is 3.50. The van der Waals surface area contributed by atoms with E-state index in [-0.39, 0.29) is 0 Å². The molecule has 0 radical (unpaired) electrons. The molecular weight excluding hydrogens is 262 g/mol. The van der Waals surface area contributed by atoms with Crippen LogP contribution in [0, 0.1) is 6.92 Å². The molecule has 0 aliphatic carbocycles. The SMILES string of the molecule is C=C(C)CC(NCC)c1ccc(Br)c(C)c1. The molecule has 1 unspecified atom stereocenters. The van der Waals surface area contributed by atoms with Gasteiger partial charge in [-0.1, -0.05) is 40.6 Å². The molecular formula is C14H20BrN. The number of hydrogen-bond acceptors (Lipinski definition) is 1. The predicted molar refractivity (Wildman–Crippen MR) is 74.7 cm³/mol. The Kier molecular flexibility index (Phi) is 5.23. The van der Waals surface area contributed by atoms with Crippen LogP contribution in [0.3, 0.4) is 0 Å². The first-order valence-corrected chi connectivity index (χ1v) is 6.47. The van der Waals surface area contributed by atoms with Gasteiger partial charge in [0.25, 0.3) is 0 Å². The third kappa shape index (κ3) is 3.76. The van der Waals surface area contributed by atoms with E-state index in [1.165, 1.54) is 21.2 Å². The van der Waals surface area contributed by atoms with Crippen LogP contribution in [0.2, 0.25) is 0 Å². The molecule has 88 valence electrons. The normalized spacial score (nSPS) is 12.5. The summed E-state index contributed by atoms with van der Waals surface area (Å²) in [6, 6.07) is 6.91. The van der Waals surface area contributed by atoms with E-state index < -0.39 is 0 Å². The maximum atomic E-state index is 3.99. The van der Waals surface area contributed by atoms with Gasteiger partial charge >= 0.3 is 0 Å². The molecule has 1 N–H and O–H groups in total. The smallest absolute Gasteiger partial charge is 0.0357 e. The predicted octanol–water partition coefficient (Wildman–Crippen LogP) is 4.37. The highest BCUT2D eigenvalue weighted by Crippen LogP contribution is 2.24. The third-order valence-corrected chi connectivity index (χ3v) is 3.48. The van der Waals surface area contributed by atoms with Gasteiger partial charge in [0.05, 0.1) is 0 Å². The van der Waals surface area contributed by atoms with Gasteiger partial charge in [-0.3, -0.25) is 0 Å². The first-order valence-electron chi connectivity index (χ1n) is 5.68. The zero-order valence-corrected chi connectivity index (χ0v) is 11.9. The molecule has 1 atom stereocenters. The molecule has 0 saturated heterocycles. The first-order chi connectivity index (χ1) is 7.54. The summed E-state index contributed by atoms with van der Waals surface area (Å²) in [4.78, 5) is 0. The van der Waals surface area contributed by atoms with Crippen LogP contribution in [0.15, 0.2) is 34.8 Å². The molecule has 0 spiro atoms. The lowest BCUT2D eigenvalue weighted by molar-refractivity contribution is 0.548. The summed E-state index contributed by atoms with van der Waals surface area (Å²) < 4.78 is 1.17. The number of hydrogen-bond donors (Lipinski definition) is 1. The molecule has 16 heavy (non-hydrogen) atoms. The van der Waals surface area contributed by atoms with Gasteiger partial charge in [-0.2, -0.15) is 0 Å². The van der Waals surface area contributed by atoms with E-state index in [2.05, 4.69) is 66.8 Å². The molecule has 1 nitrogen and oxygen atoms in total. The van der Waals surface area contributed by atoms with E-state index in [9.17, 15) is 0 Å². The molecule has 0 aliphatic heterocycles. The quantitative estimate of drug-likeness (QED) is 0.790. The van der Waals surface area contributed by atoms with Crippen LogP contribution in [0.5, 0.6) is 0 Å². The molecule has 1 aromatic carbocycles. The number of halogens is 1. The van der Waals surface area contributed by atoms with E-state index in [1.54, 1.807) is 0 Å². The van der Waals surface area contributed by atoms with Crippen LogP contribution in [-0.2, 0) is 0 Å². The van der Waals surface area contributed by atoms with Gasteiger partial charge in [0, 0.05) is 10.5 Å². The Morgan fingerprint density at radius 1 is 1.50 bits per heavy atom. The zero-order valence-electron chi connectivity index (χ0n) is 10.3. The topological polar surface area (TPSA) is 12.0 Å². The maximum absolute atomic E-state index is 3.99. The van der Waals surface area contributed by atoms with Gasteiger partial charge < -0.3 is 5.32 Å². The summed E-state index contributed by atoms with van der Waals surface area (Å²) in [6.45, 7) is 11.3. The minimum atomic E-state index is 0.384. The van der Waals surface area contributed by atoms with Crippen molar-refractivity contribution in [2.45, 2.75) is 33.2 Å². The highest BCUT2D eigenvalue weighted by Gasteiger charge is 2.10. The van der Waals surface area contributed by atoms with Crippen LogP contribution in [0.4, 0.5) is 0 Å². The molecule has 0 aliphatic rings. The van der Waals surface area contributed by atoms with Crippen molar-refractivity contribution >= 4 is 15.9 Å². The van der Waals surface area contributed by atoms with Crippen LogP contribution >= 0.6 is 15.9 Å². The molecule has 1 aromatic rings. The minimum absolute atomic E-state index is 0.384. The summed E-state index contributed by atoms with van der Waals surface area (Å²) in [5.74, 6) is 0. The van der Waals surface area contributed by atoms with Gasteiger partial charge in [-0.15, -0.1) is 6.58 Å². The number of nitrogens with one attached hydrogen (secondary N) is 1. The molecule has 0 heterocycles. The van der Waals surface area contributed by atoms with E-state index in [1.807, 2.05) is 0 Å². The lowest BCUT2D eigenvalue weighted by Gasteiger charge is -2.19. The Hall–Kier alpha value is -0.600. The second-order valence-electron chi connectivity index (χ2n) is 4.28. The van der Waals surface area contributed by atoms with Gasteiger partial charge in [-0.05, 0) is 44.0 Å². The highest BCUT2D eigenvalue weighted by molar-refractivity contribution is 9.10. The summed E-state index contributed by atoms with van der Waals surface area (Å²) in [7, 11) is 0. The van der Waals surface area contributed by atoms with Gasteiger partial charge in [0.1, 0.15) is 0 Å². The molecule has 2 heteroatoms. The molecule has 0 amide bonds. The largest absolute Gasteiger partial charge is 0.310 e. The second kappa shape index (κ2) is 6.21. The Balaban J connectivity index is 2.91. The molecule has 1 rings (SSSR count). The van der Waals surface area contributed by atoms with Crippen molar-refractivity contribution in [3.8, 4) is 0 Å². The first kappa shape index (κ1) is 13.5. The fraction of sp³-hybridized carbons (Fsp3) is 0.429. The summed E-state index contributed by atoms with van der Waals surface area (Å²) in [6.07, 6.45) is 0.995. The van der Waals surface area contributed by atoms with Crippen molar-refractivity contribution in [2.75, 3.05) is 6.54 Å². The Bertz CT molecular complexity index is 371. The highest BCUT2D eigenvalue weighted by atomic mass is 79.9. The van der Waals surface area contributed by atoms with Crippen molar-refractivity contribution < 1.29 is 0 Å². The Morgan fingerprint density at radius 3 is 2.69 bits per heavy atom. The number of aryl methyl sites for hydroxylation is 1. The molecule has 0 saturated carbocycles. The van der Waals surface area contributed by atoms with Gasteiger partial charge in [0.15, 0.2) is 0 Å². The summed E-state index contributed by atoms with van der Waals surface area (Å²) >= 11 is 3.53. The van der Waals surface area contributed by atoms with E-state index in [4.69, 9.17) is 0 Å². The number of benzene rings is 1. The second-order valence-corrected chi connectivity index (χ2v) is 5.13. The van der Waals surface area contributed by atoms with Crippen LogP contribution in [-0.4, -0.2) is 6.54 Å². The zero-order chi connectivity index (χ0) is 12.1. The van der Waals surface area contributed by atoms with Crippen molar-refractivity contribution in [3.63, 3.8) is 0 Å². The Morgan fingerprint density at radius 2 is 2.19 bits per heavy atom. The Labute approximate surface area is 107 Å². The summed E-state index contributed by atoms with van der Waals surface area (Å²) in [5.41, 5.74) is 3.83. The van der Waals surface area contributed by atoms with E-state index in [0.717, 1.165) is 13.0 Å². The van der Waals surface area contributed by atoms with E-state index in [0.29, 0.717) is 6.04 Å². The standard InChI is InChI=1S/C14H20BrN/c1-5-16-14(8-10(2)3)12-6-7-13(15)11(4)9-12/h6-7,9,14,16H,2,5,8H2,1,3-4H3.